The fourth-order valence-electron chi connectivity index (χ4n) is 2.06. The van der Waals surface area contributed by atoms with Crippen molar-refractivity contribution in [2.75, 3.05) is 0 Å². The van der Waals surface area contributed by atoms with Gasteiger partial charge < -0.3 is 0 Å². The van der Waals surface area contributed by atoms with Crippen LogP contribution in [0.1, 0.15) is 16.7 Å². The number of hydrogen-bond donors (Lipinski definition) is 0. The van der Waals surface area contributed by atoms with Gasteiger partial charge in [0.05, 0.1) is 0 Å². The molecule has 88 valence electrons. The molecule has 0 nitrogen and oxygen atoms in total. The lowest BCUT2D eigenvalue weighted by Crippen LogP contribution is -1.89. The molecule has 0 aliphatic heterocycles. The first-order valence-electron chi connectivity index (χ1n) is 5.51. The van der Waals surface area contributed by atoms with Crippen LogP contribution in [0.15, 0.2) is 34.8 Å². The monoisotopic (exact) mass is 400 g/mol. The summed E-state index contributed by atoms with van der Waals surface area (Å²) in [5, 5.41) is 0. The second kappa shape index (κ2) is 5.11. The minimum Gasteiger partial charge on any atom is -0.0563 e. The van der Waals surface area contributed by atoms with Crippen molar-refractivity contribution in [1.82, 2.24) is 0 Å². The quantitative estimate of drug-likeness (QED) is 0.543. The Bertz CT molecular complexity index is 553. The molecule has 0 saturated heterocycles. The van der Waals surface area contributed by atoms with Gasteiger partial charge in [0.2, 0.25) is 0 Å². The Kier molecular flexibility index (Phi) is 3.93. The first-order chi connectivity index (χ1) is 7.97. The average Bonchev–Trinajstić information content (AvgIpc) is 2.22. The van der Waals surface area contributed by atoms with Crippen LogP contribution in [0.2, 0.25) is 0 Å². The van der Waals surface area contributed by atoms with E-state index in [0.717, 1.165) is 0 Å². The van der Waals surface area contributed by atoms with Crippen LogP contribution in [-0.2, 0) is 0 Å². The van der Waals surface area contributed by atoms with Gasteiger partial charge in [-0.15, -0.1) is 0 Å². The maximum atomic E-state index is 3.62. The molecule has 0 unspecified atom stereocenters. The number of benzene rings is 2. The van der Waals surface area contributed by atoms with Gasteiger partial charge in [0.15, 0.2) is 0 Å². The molecule has 0 fully saturated rings. The highest BCUT2D eigenvalue weighted by atomic mass is 127. The van der Waals surface area contributed by atoms with Crippen molar-refractivity contribution in [1.29, 1.82) is 0 Å². The lowest BCUT2D eigenvalue weighted by Gasteiger charge is -2.10. The summed E-state index contributed by atoms with van der Waals surface area (Å²) in [6.45, 7) is 6.43. The van der Waals surface area contributed by atoms with Crippen LogP contribution in [0.25, 0.3) is 11.1 Å². The van der Waals surface area contributed by atoms with E-state index in [-0.39, 0.29) is 0 Å². The largest absolute Gasteiger partial charge is 0.0563 e. The number of halogens is 2. The smallest absolute Gasteiger partial charge is 0.0351 e. The fourth-order valence-corrected chi connectivity index (χ4v) is 3.26. The molecule has 0 aliphatic carbocycles. The molecule has 0 radical (unpaired) electrons. The molecule has 2 aromatic rings. The van der Waals surface area contributed by atoms with Crippen molar-refractivity contribution in [3.63, 3.8) is 0 Å². The molecular formula is C15H14BrI. The van der Waals surface area contributed by atoms with Crippen LogP contribution in [0.3, 0.4) is 0 Å². The Labute approximate surface area is 125 Å². The highest BCUT2D eigenvalue weighted by molar-refractivity contribution is 14.1. The number of aryl methyl sites for hydroxylation is 3. The summed E-state index contributed by atoms with van der Waals surface area (Å²) >= 11 is 6.03. The molecule has 0 saturated carbocycles. The van der Waals surface area contributed by atoms with Gasteiger partial charge in [0.1, 0.15) is 0 Å². The molecule has 0 aliphatic rings. The second-order valence-electron chi connectivity index (χ2n) is 4.48. The molecular weight excluding hydrogens is 387 g/mol. The maximum Gasteiger partial charge on any atom is 0.0351 e. The zero-order valence-electron chi connectivity index (χ0n) is 10.1. The van der Waals surface area contributed by atoms with Gasteiger partial charge >= 0.3 is 0 Å². The zero-order chi connectivity index (χ0) is 12.6. The summed E-state index contributed by atoms with van der Waals surface area (Å²) in [5.74, 6) is 0. The molecule has 0 bridgehead atoms. The van der Waals surface area contributed by atoms with Crippen LogP contribution < -0.4 is 0 Å². The molecule has 2 rings (SSSR count). The third-order valence-electron chi connectivity index (χ3n) is 2.71. The van der Waals surface area contributed by atoms with Gasteiger partial charge in [-0.3, -0.25) is 0 Å². The Morgan fingerprint density at radius 2 is 1.35 bits per heavy atom. The van der Waals surface area contributed by atoms with E-state index in [1.54, 1.807) is 0 Å². The number of rotatable bonds is 1. The van der Waals surface area contributed by atoms with E-state index in [0.29, 0.717) is 0 Å². The van der Waals surface area contributed by atoms with Crippen LogP contribution >= 0.6 is 38.5 Å². The lowest BCUT2D eigenvalue weighted by molar-refractivity contribution is 1.36. The van der Waals surface area contributed by atoms with E-state index >= 15 is 0 Å². The van der Waals surface area contributed by atoms with Gasteiger partial charge in [-0.2, -0.15) is 0 Å². The Balaban J connectivity index is 2.67. The van der Waals surface area contributed by atoms with Gasteiger partial charge in [-0.25, -0.2) is 0 Å². The summed E-state index contributed by atoms with van der Waals surface area (Å²) in [5.41, 5.74) is 6.52. The molecule has 0 aromatic heterocycles. The molecule has 0 heterocycles. The van der Waals surface area contributed by atoms with E-state index in [9.17, 15) is 0 Å². The van der Waals surface area contributed by atoms with E-state index in [2.05, 4.69) is 89.6 Å². The van der Waals surface area contributed by atoms with Crippen LogP contribution in [0, 0.1) is 24.3 Å². The second-order valence-corrected chi connectivity index (χ2v) is 6.42. The van der Waals surface area contributed by atoms with Crippen molar-refractivity contribution < 1.29 is 0 Å². The van der Waals surface area contributed by atoms with Crippen LogP contribution in [0.5, 0.6) is 0 Å². The van der Waals surface area contributed by atoms with Crippen molar-refractivity contribution in [2.24, 2.45) is 0 Å². The van der Waals surface area contributed by atoms with Crippen LogP contribution in [0.4, 0.5) is 0 Å². The van der Waals surface area contributed by atoms with Gasteiger partial charge in [0.25, 0.3) is 0 Å². The minimum absolute atomic E-state index is 1.17. The lowest BCUT2D eigenvalue weighted by atomic mass is 9.99. The van der Waals surface area contributed by atoms with Crippen molar-refractivity contribution in [2.45, 2.75) is 20.8 Å². The topological polar surface area (TPSA) is 0 Å². The van der Waals surface area contributed by atoms with Gasteiger partial charge in [0, 0.05) is 8.04 Å². The van der Waals surface area contributed by atoms with Crippen LogP contribution in [-0.4, -0.2) is 0 Å². The SMILES string of the molecule is Cc1cc(C)cc(-c2cc(C)cc(Br)c2I)c1. The maximum absolute atomic E-state index is 3.62. The standard InChI is InChI=1S/C15H14BrI/c1-9-4-10(2)6-12(5-9)13-7-11(3)8-14(16)15(13)17/h4-8H,1-3H3. The molecule has 0 N–H and O–H groups in total. The summed E-state index contributed by atoms with van der Waals surface area (Å²) < 4.78 is 2.45. The van der Waals surface area contributed by atoms with E-state index in [4.69, 9.17) is 0 Å². The number of hydrogen-bond acceptors (Lipinski definition) is 0. The van der Waals surface area contributed by atoms with Crippen molar-refractivity contribution in [3.8, 4) is 11.1 Å². The molecule has 17 heavy (non-hydrogen) atoms. The third-order valence-corrected chi connectivity index (χ3v) is 5.23. The summed E-state index contributed by atoms with van der Waals surface area (Å²) in [7, 11) is 0. The van der Waals surface area contributed by atoms with Crippen molar-refractivity contribution in [3.05, 3.63) is 55.1 Å². The predicted octanol–water partition coefficient (Wildman–Crippen LogP) is 5.65. The molecule has 0 atom stereocenters. The molecule has 2 heteroatoms. The Hall–Kier alpha value is -0.350. The Morgan fingerprint density at radius 3 is 1.94 bits per heavy atom. The highest BCUT2D eigenvalue weighted by Crippen LogP contribution is 2.33. The fraction of sp³-hybridized carbons (Fsp3) is 0.200. The molecule has 0 amide bonds. The third kappa shape index (κ3) is 2.91. The summed E-state index contributed by atoms with van der Waals surface area (Å²) in [6, 6.07) is 11.1. The zero-order valence-corrected chi connectivity index (χ0v) is 13.9. The molecule has 0 spiro atoms. The van der Waals surface area contributed by atoms with Gasteiger partial charge in [-0.05, 0) is 82.0 Å². The van der Waals surface area contributed by atoms with Gasteiger partial charge in [-0.1, -0.05) is 35.4 Å². The Morgan fingerprint density at radius 1 is 0.824 bits per heavy atom. The van der Waals surface area contributed by atoms with E-state index in [1.807, 2.05) is 0 Å². The first kappa shape index (κ1) is 13.1. The first-order valence-corrected chi connectivity index (χ1v) is 7.39. The van der Waals surface area contributed by atoms with E-state index < -0.39 is 0 Å². The summed E-state index contributed by atoms with van der Waals surface area (Å²) in [6.07, 6.45) is 0. The predicted molar refractivity (Wildman–Crippen MR) is 86.5 cm³/mol. The van der Waals surface area contributed by atoms with E-state index in [1.165, 1.54) is 35.9 Å². The minimum atomic E-state index is 1.17. The highest BCUT2D eigenvalue weighted by Gasteiger charge is 2.08. The normalized spacial score (nSPS) is 10.6. The average molecular weight is 401 g/mol. The summed E-state index contributed by atoms with van der Waals surface area (Å²) in [4.78, 5) is 0. The molecule has 2 aromatic carbocycles. The van der Waals surface area contributed by atoms with Crippen molar-refractivity contribution >= 4 is 38.5 Å².